The first kappa shape index (κ1) is 24.8. The fraction of sp³-hybridized carbons (Fsp3) is 0.440. The molecule has 4 rings (SSSR count). The van der Waals surface area contributed by atoms with Crippen molar-refractivity contribution in [2.24, 2.45) is 5.16 Å². The van der Waals surface area contributed by atoms with E-state index in [0.29, 0.717) is 30.6 Å². The predicted octanol–water partition coefficient (Wildman–Crippen LogP) is 2.63. The van der Waals surface area contributed by atoms with Crippen LogP contribution in [0.25, 0.3) is 0 Å². The van der Waals surface area contributed by atoms with Crippen molar-refractivity contribution < 1.29 is 18.0 Å². The molecule has 10 heteroatoms. The number of hydrogen-bond donors (Lipinski definition) is 1. The molecule has 1 N–H and O–H groups in total. The Morgan fingerprint density at radius 2 is 1.83 bits per heavy atom. The second kappa shape index (κ2) is 11.0. The van der Waals surface area contributed by atoms with Gasteiger partial charge in [-0.1, -0.05) is 23.2 Å². The van der Waals surface area contributed by atoms with E-state index in [1.165, 1.54) is 24.5 Å². The van der Waals surface area contributed by atoms with Crippen LogP contribution in [0, 0.1) is 11.8 Å². The maximum absolute atomic E-state index is 13.1. The fourth-order valence-electron chi connectivity index (χ4n) is 3.64. The van der Waals surface area contributed by atoms with Gasteiger partial charge in [-0.05, 0) is 70.7 Å². The van der Waals surface area contributed by atoms with Gasteiger partial charge in [0.2, 0.25) is 0 Å². The average Bonchev–Trinajstić information content (AvgIpc) is 3.58. The monoisotopic (exact) mass is 495 g/mol. The molecule has 1 amide bonds. The fourth-order valence-corrected chi connectivity index (χ4v) is 5.30. The third-order valence-corrected chi connectivity index (χ3v) is 8.01. The summed E-state index contributed by atoms with van der Waals surface area (Å²) in [5.41, 5.74) is 0.995. The topological polar surface area (TPSA) is 114 Å². The van der Waals surface area contributed by atoms with Crippen LogP contribution in [-0.2, 0) is 19.5 Å². The van der Waals surface area contributed by atoms with Crippen molar-refractivity contribution in [3.63, 3.8) is 0 Å². The Balaban J connectivity index is 1.51. The normalized spacial score (nSPS) is 16.6. The van der Waals surface area contributed by atoms with Gasteiger partial charge in [0, 0.05) is 5.56 Å². The molecule has 1 heterocycles. The number of nitrogens with one attached hydrogen (secondary N) is 1. The number of oxime groups is 1. The van der Waals surface area contributed by atoms with Gasteiger partial charge in [0.1, 0.15) is 11.8 Å². The zero-order valence-corrected chi connectivity index (χ0v) is 20.7. The maximum atomic E-state index is 13.1. The molecule has 35 heavy (non-hydrogen) atoms. The second-order valence-corrected chi connectivity index (χ2v) is 11.2. The van der Waals surface area contributed by atoms with Gasteiger partial charge < -0.3 is 10.2 Å². The smallest absolute Gasteiger partial charge is 0.279 e. The van der Waals surface area contributed by atoms with E-state index >= 15 is 0 Å². The number of amides is 1. The van der Waals surface area contributed by atoms with Crippen molar-refractivity contribution in [2.75, 3.05) is 26.0 Å². The van der Waals surface area contributed by atoms with Gasteiger partial charge in [0.25, 0.3) is 5.91 Å². The Morgan fingerprint density at radius 3 is 2.43 bits per heavy atom. The van der Waals surface area contributed by atoms with Crippen LogP contribution >= 0.6 is 0 Å². The zero-order valence-electron chi connectivity index (χ0n) is 19.9. The summed E-state index contributed by atoms with van der Waals surface area (Å²) in [6.45, 7) is 0.599. The molecule has 2 fully saturated rings. The molecule has 1 aromatic heterocycles. The quantitative estimate of drug-likeness (QED) is 0.340. The van der Waals surface area contributed by atoms with Crippen molar-refractivity contribution in [1.29, 1.82) is 0 Å². The standard InChI is InChI=1S/C25H29N5O4S/c1-30(2)15-5-6-19-16-27-23(17-26-19)28-25(31)24(29-34-20-7-3-4-8-20)18-9-11-21(12-10-18)35(32,33)22-13-14-22/h9-12,16-17,20,22H,3-4,7-8,13-15H2,1-2H3,(H,27,28,31)/b29-24+. The first-order chi connectivity index (χ1) is 16.8. The molecule has 0 unspecified atom stereocenters. The molecule has 0 radical (unpaired) electrons. The Hall–Kier alpha value is -3.29. The van der Waals surface area contributed by atoms with Gasteiger partial charge in [-0.2, -0.15) is 0 Å². The Kier molecular flexibility index (Phi) is 7.78. The molecule has 0 spiro atoms. The second-order valence-electron chi connectivity index (χ2n) is 9.00. The van der Waals surface area contributed by atoms with E-state index < -0.39 is 15.7 Å². The summed E-state index contributed by atoms with van der Waals surface area (Å²) in [5.74, 6) is 5.61. The molecule has 0 saturated heterocycles. The van der Waals surface area contributed by atoms with Crippen LogP contribution < -0.4 is 5.32 Å². The molecular formula is C25H29N5O4S. The van der Waals surface area contributed by atoms with Gasteiger partial charge in [0.05, 0.1) is 29.1 Å². The summed E-state index contributed by atoms with van der Waals surface area (Å²) < 4.78 is 25.0. The number of sulfone groups is 1. The Bertz CT molecular complexity index is 1240. The molecule has 0 atom stereocenters. The minimum atomic E-state index is -3.32. The van der Waals surface area contributed by atoms with Crippen molar-refractivity contribution in [3.05, 3.63) is 47.9 Å². The van der Waals surface area contributed by atoms with Crippen molar-refractivity contribution >= 4 is 27.3 Å². The van der Waals surface area contributed by atoms with Crippen LogP contribution in [0.3, 0.4) is 0 Å². The van der Waals surface area contributed by atoms with Gasteiger partial charge >= 0.3 is 0 Å². The summed E-state index contributed by atoms with van der Waals surface area (Å²) in [4.78, 5) is 29.4. The first-order valence-corrected chi connectivity index (χ1v) is 13.2. The van der Waals surface area contributed by atoms with Crippen LogP contribution in [0.2, 0.25) is 0 Å². The van der Waals surface area contributed by atoms with Crippen LogP contribution in [0.1, 0.15) is 49.8 Å². The van der Waals surface area contributed by atoms with Gasteiger partial charge in [0.15, 0.2) is 21.4 Å². The molecular weight excluding hydrogens is 466 g/mol. The van der Waals surface area contributed by atoms with Crippen molar-refractivity contribution in [3.8, 4) is 11.8 Å². The van der Waals surface area contributed by atoms with Crippen LogP contribution in [0.15, 0.2) is 46.7 Å². The summed E-state index contributed by atoms with van der Waals surface area (Å²) in [5, 5.41) is 6.56. The van der Waals surface area contributed by atoms with Crippen LogP contribution in [0.5, 0.6) is 0 Å². The van der Waals surface area contributed by atoms with E-state index in [0.717, 1.165) is 25.7 Å². The highest BCUT2D eigenvalue weighted by Gasteiger charge is 2.36. The Labute approximate surface area is 205 Å². The highest BCUT2D eigenvalue weighted by Crippen LogP contribution is 2.33. The molecule has 0 bridgehead atoms. The van der Waals surface area contributed by atoms with Gasteiger partial charge in [-0.25, -0.2) is 18.4 Å². The van der Waals surface area contributed by atoms with E-state index in [9.17, 15) is 13.2 Å². The maximum Gasteiger partial charge on any atom is 0.279 e. The van der Waals surface area contributed by atoms with E-state index in [1.807, 2.05) is 19.0 Å². The summed E-state index contributed by atoms with van der Waals surface area (Å²) in [6, 6.07) is 6.20. The number of benzene rings is 1. The lowest BCUT2D eigenvalue weighted by atomic mass is 10.1. The van der Waals surface area contributed by atoms with Gasteiger partial charge in [-0.15, -0.1) is 0 Å². The summed E-state index contributed by atoms with van der Waals surface area (Å²) in [6.07, 6.45) is 8.17. The first-order valence-electron chi connectivity index (χ1n) is 11.7. The highest BCUT2D eigenvalue weighted by molar-refractivity contribution is 7.92. The van der Waals surface area contributed by atoms with E-state index in [-0.39, 0.29) is 27.8 Å². The number of rotatable bonds is 8. The summed E-state index contributed by atoms with van der Waals surface area (Å²) in [7, 11) is 0.528. The van der Waals surface area contributed by atoms with Crippen LogP contribution in [-0.4, -0.2) is 66.9 Å². The van der Waals surface area contributed by atoms with Gasteiger partial charge in [-0.3, -0.25) is 9.69 Å². The third-order valence-electron chi connectivity index (χ3n) is 5.74. The average molecular weight is 496 g/mol. The SMILES string of the molecule is CN(C)CC#Cc1cnc(NC(=O)/C(=N/OC2CCCC2)c2ccc(S(=O)(=O)C3CC3)cc2)cn1. The molecule has 2 aromatic rings. The van der Waals surface area contributed by atoms with Crippen molar-refractivity contribution in [2.45, 2.75) is 54.8 Å². The number of anilines is 1. The number of carbonyl (C=O) groups is 1. The molecule has 9 nitrogen and oxygen atoms in total. The third kappa shape index (κ3) is 6.65. The van der Waals surface area contributed by atoms with E-state index in [2.05, 4.69) is 32.3 Å². The minimum Gasteiger partial charge on any atom is -0.392 e. The zero-order chi connectivity index (χ0) is 24.8. The van der Waals surface area contributed by atoms with E-state index in [4.69, 9.17) is 4.84 Å². The lowest BCUT2D eigenvalue weighted by Crippen LogP contribution is -2.25. The molecule has 2 aliphatic carbocycles. The number of hydrogen-bond acceptors (Lipinski definition) is 8. The number of aromatic nitrogens is 2. The largest absolute Gasteiger partial charge is 0.392 e. The summed E-state index contributed by atoms with van der Waals surface area (Å²) >= 11 is 0. The highest BCUT2D eigenvalue weighted by atomic mass is 32.2. The molecule has 2 aliphatic rings. The van der Waals surface area contributed by atoms with Crippen LogP contribution in [0.4, 0.5) is 5.82 Å². The number of carbonyl (C=O) groups excluding carboxylic acids is 1. The van der Waals surface area contributed by atoms with E-state index in [1.54, 1.807) is 12.1 Å². The molecule has 1 aromatic carbocycles. The minimum absolute atomic E-state index is 0.0351. The molecule has 2 saturated carbocycles. The number of nitrogens with zero attached hydrogens (tertiary/aromatic N) is 4. The predicted molar refractivity (Wildman–Crippen MR) is 133 cm³/mol. The molecule has 184 valence electrons. The Morgan fingerprint density at radius 1 is 1.11 bits per heavy atom. The molecule has 0 aliphatic heterocycles. The lowest BCUT2D eigenvalue weighted by Gasteiger charge is -2.11. The lowest BCUT2D eigenvalue weighted by molar-refractivity contribution is -0.110. The van der Waals surface area contributed by atoms with Crippen molar-refractivity contribution in [1.82, 2.24) is 14.9 Å².